The maximum atomic E-state index is 8.49. The van der Waals surface area contributed by atoms with Gasteiger partial charge in [-0.25, -0.2) is 4.98 Å². The molecule has 0 bridgehead atoms. The van der Waals surface area contributed by atoms with Gasteiger partial charge in [0.15, 0.2) is 0 Å². The number of aromatic nitrogens is 1. The molecule has 0 saturated carbocycles. The van der Waals surface area contributed by atoms with E-state index in [2.05, 4.69) is 40.8 Å². The molecule has 2 rings (SSSR count). The first-order chi connectivity index (χ1) is 9.31. The van der Waals surface area contributed by atoms with E-state index in [1.54, 1.807) is 11.3 Å². The summed E-state index contributed by atoms with van der Waals surface area (Å²) in [4.78, 5) is 4.67. The van der Waals surface area contributed by atoms with Crippen LogP contribution in [-0.4, -0.2) is 11.5 Å². The van der Waals surface area contributed by atoms with Gasteiger partial charge >= 0.3 is 0 Å². The van der Waals surface area contributed by atoms with Gasteiger partial charge in [0.1, 0.15) is 5.01 Å². The van der Waals surface area contributed by atoms with Crippen molar-refractivity contribution in [3.63, 3.8) is 0 Å². The Morgan fingerprint density at radius 1 is 1.37 bits per heavy atom. The molecule has 0 saturated heterocycles. The normalized spacial score (nSPS) is 12.0. The van der Waals surface area contributed by atoms with Crippen LogP contribution in [0.1, 0.15) is 30.8 Å². The number of thiazole rings is 1. The molecule has 1 N–H and O–H groups in total. The Morgan fingerprint density at radius 2 is 2.16 bits per heavy atom. The van der Waals surface area contributed by atoms with Gasteiger partial charge in [0.05, 0.1) is 17.8 Å². The highest BCUT2D eigenvalue weighted by atomic mass is 32.1. The monoisotopic (exact) mass is 271 g/mol. The maximum absolute atomic E-state index is 8.49. The third-order valence-electron chi connectivity index (χ3n) is 2.88. The predicted molar refractivity (Wildman–Crippen MR) is 78.8 cm³/mol. The van der Waals surface area contributed by atoms with Crippen LogP contribution < -0.4 is 5.32 Å². The van der Waals surface area contributed by atoms with Crippen LogP contribution >= 0.6 is 11.3 Å². The molecule has 1 aromatic heterocycles. The molecule has 0 radical (unpaired) electrons. The van der Waals surface area contributed by atoms with E-state index in [1.807, 2.05) is 18.2 Å². The van der Waals surface area contributed by atoms with Gasteiger partial charge < -0.3 is 5.32 Å². The SMILES string of the molecule is C[C@@H](NCCCC#N)c1nc(-c2ccccc2)cs1. The Kier molecular flexibility index (Phi) is 5.08. The van der Waals surface area contributed by atoms with Crippen LogP contribution in [0.15, 0.2) is 35.7 Å². The molecular weight excluding hydrogens is 254 g/mol. The molecule has 4 heteroatoms. The lowest BCUT2D eigenvalue weighted by Crippen LogP contribution is -2.19. The summed E-state index contributed by atoms with van der Waals surface area (Å²) in [6.45, 7) is 2.97. The van der Waals surface area contributed by atoms with Gasteiger partial charge in [-0.3, -0.25) is 0 Å². The van der Waals surface area contributed by atoms with Crippen molar-refractivity contribution in [3.05, 3.63) is 40.7 Å². The smallest absolute Gasteiger partial charge is 0.110 e. The van der Waals surface area contributed by atoms with E-state index >= 15 is 0 Å². The van der Waals surface area contributed by atoms with E-state index in [9.17, 15) is 0 Å². The van der Waals surface area contributed by atoms with Crippen molar-refractivity contribution in [3.8, 4) is 17.3 Å². The van der Waals surface area contributed by atoms with E-state index in [0.29, 0.717) is 6.42 Å². The maximum Gasteiger partial charge on any atom is 0.110 e. The van der Waals surface area contributed by atoms with Gasteiger partial charge in [-0.15, -0.1) is 11.3 Å². The minimum Gasteiger partial charge on any atom is -0.308 e. The number of nitrogens with one attached hydrogen (secondary N) is 1. The lowest BCUT2D eigenvalue weighted by molar-refractivity contribution is 0.560. The first-order valence-electron chi connectivity index (χ1n) is 6.42. The second-order valence-corrected chi connectivity index (χ2v) is 5.26. The molecule has 0 fully saturated rings. The Morgan fingerprint density at radius 3 is 2.89 bits per heavy atom. The van der Waals surface area contributed by atoms with Gasteiger partial charge in [0.2, 0.25) is 0 Å². The van der Waals surface area contributed by atoms with E-state index in [1.165, 1.54) is 0 Å². The molecule has 1 heterocycles. The molecule has 0 spiro atoms. The van der Waals surface area contributed by atoms with E-state index < -0.39 is 0 Å². The fourth-order valence-corrected chi connectivity index (χ4v) is 2.66. The minimum atomic E-state index is 0.237. The van der Waals surface area contributed by atoms with E-state index in [4.69, 9.17) is 5.26 Å². The largest absolute Gasteiger partial charge is 0.308 e. The van der Waals surface area contributed by atoms with Crippen molar-refractivity contribution < 1.29 is 0 Å². The van der Waals surface area contributed by atoms with Gasteiger partial charge in [-0.05, 0) is 19.9 Å². The Labute approximate surface area is 117 Å². The third kappa shape index (κ3) is 3.88. The van der Waals surface area contributed by atoms with Crippen LogP contribution in [0, 0.1) is 11.3 Å². The van der Waals surface area contributed by atoms with Crippen LogP contribution in [0.2, 0.25) is 0 Å². The molecule has 98 valence electrons. The summed E-state index contributed by atoms with van der Waals surface area (Å²) in [6, 6.07) is 12.6. The van der Waals surface area contributed by atoms with Crippen LogP contribution in [0.25, 0.3) is 11.3 Å². The Bertz CT molecular complexity index is 542. The number of hydrogen-bond donors (Lipinski definition) is 1. The summed E-state index contributed by atoms with van der Waals surface area (Å²) in [7, 11) is 0. The zero-order valence-corrected chi connectivity index (χ0v) is 11.8. The highest BCUT2D eigenvalue weighted by Gasteiger charge is 2.10. The number of nitriles is 1. The summed E-state index contributed by atoms with van der Waals surface area (Å²) in [5.41, 5.74) is 2.19. The van der Waals surface area contributed by atoms with Crippen molar-refractivity contribution in [1.29, 1.82) is 5.26 Å². The van der Waals surface area contributed by atoms with Crippen molar-refractivity contribution in [1.82, 2.24) is 10.3 Å². The topological polar surface area (TPSA) is 48.7 Å². The Hall–Kier alpha value is -1.70. The lowest BCUT2D eigenvalue weighted by atomic mass is 10.2. The average Bonchev–Trinajstić information content (AvgIpc) is 2.94. The van der Waals surface area contributed by atoms with Gasteiger partial charge in [0, 0.05) is 17.4 Å². The molecule has 1 atom stereocenters. The van der Waals surface area contributed by atoms with E-state index in [-0.39, 0.29) is 6.04 Å². The Balaban J connectivity index is 1.95. The summed E-state index contributed by atoms with van der Waals surface area (Å²) in [6.07, 6.45) is 1.49. The van der Waals surface area contributed by atoms with Gasteiger partial charge in [0.25, 0.3) is 0 Å². The molecule has 0 aliphatic carbocycles. The number of rotatable bonds is 6. The van der Waals surface area contributed by atoms with Crippen LogP contribution in [0.3, 0.4) is 0 Å². The molecule has 2 aromatic rings. The fraction of sp³-hybridized carbons (Fsp3) is 0.333. The number of unbranched alkanes of at least 4 members (excludes halogenated alkanes) is 1. The van der Waals surface area contributed by atoms with Gasteiger partial charge in [-0.1, -0.05) is 30.3 Å². The first kappa shape index (κ1) is 13.7. The molecule has 0 aliphatic rings. The highest BCUT2D eigenvalue weighted by Crippen LogP contribution is 2.25. The molecular formula is C15H17N3S. The summed E-state index contributed by atoms with van der Waals surface area (Å²) < 4.78 is 0. The summed E-state index contributed by atoms with van der Waals surface area (Å²) in [5.74, 6) is 0. The molecule has 19 heavy (non-hydrogen) atoms. The second kappa shape index (κ2) is 7.03. The average molecular weight is 271 g/mol. The molecule has 1 aromatic carbocycles. The summed E-state index contributed by atoms with van der Waals surface area (Å²) >= 11 is 1.68. The van der Waals surface area contributed by atoms with Crippen molar-refractivity contribution >= 4 is 11.3 Å². The van der Waals surface area contributed by atoms with E-state index in [0.717, 1.165) is 29.2 Å². The lowest BCUT2D eigenvalue weighted by Gasteiger charge is -2.09. The summed E-state index contributed by atoms with van der Waals surface area (Å²) in [5, 5.41) is 15.1. The quantitative estimate of drug-likeness (QED) is 0.814. The fourth-order valence-electron chi connectivity index (χ4n) is 1.80. The minimum absolute atomic E-state index is 0.237. The van der Waals surface area contributed by atoms with Crippen molar-refractivity contribution in [2.75, 3.05) is 6.54 Å². The predicted octanol–water partition coefficient (Wildman–Crippen LogP) is 3.76. The van der Waals surface area contributed by atoms with Gasteiger partial charge in [-0.2, -0.15) is 5.26 Å². The van der Waals surface area contributed by atoms with Crippen LogP contribution in [0.4, 0.5) is 0 Å². The number of hydrogen-bond acceptors (Lipinski definition) is 4. The second-order valence-electron chi connectivity index (χ2n) is 4.37. The van der Waals surface area contributed by atoms with Crippen LogP contribution in [0.5, 0.6) is 0 Å². The zero-order valence-electron chi connectivity index (χ0n) is 11.0. The van der Waals surface area contributed by atoms with Crippen LogP contribution in [-0.2, 0) is 0 Å². The van der Waals surface area contributed by atoms with Crippen molar-refractivity contribution in [2.24, 2.45) is 0 Å². The molecule has 0 amide bonds. The number of nitrogens with zero attached hydrogens (tertiary/aromatic N) is 2. The third-order valence-corrected chi connectivity index (χ3v) is 3.91. The molecule has 0 unspecified atom stereocenters. The highest BCUT2D eigenvalue weighted by molar-refractivity contribution is 7.10. The first-order valence-corrected chi connectivity index (χ1v) is 7.30. The van der Waals surface area contributed by atoms with Crippen molar-refractivity contribution in [2.45, 2.75) is 25.8 Å². The standard InChI is InChI=1S/C15H17N3S/c1-12(17-10-6-5-9-16)15-18-14(11-19-15)13-7-3-2-4-8-13/h2-4,7-8,11-12,17H,5-6,10H2,1H3/t12-/m1/s1. The zero-order chi connectivity index (χ0) is 13.5. The molecule has 3 nitrogen and oxygen atoms in total. The number of benzene rings is 1. The molecule has 0 aliphatic heterocycles.